The second-order valence-electron chi connectivity index (χ2n) is 5.87. The maximum absolute atomic E-state index is 12.4. The molecule has 0 bridgehead atoms. The van der Waals surface area contributed by atoms with Crippen LogP contribution in [0.15, 0.2) is 0 Å². The molecule has 2 fully saturated rings. The van der Waals surface area contributed by atoms with Gasteiger partial charge in [0.05, 0.1) is 18.2 Å². The molecular formula is C13H22N2O6. The van der Waals surface area contributed by atoms with Crippen molar-refractivity contribution < 1.29 is 29.6 Å². The lowest BCUT2D eigenvalue weighted by atomic mass is 9.94. The van der Waals surface area contributed by atoms with E-state index in [2.05, 4.69) is 0 Å². The first-order chi connectivity index (χ1) is 9.82. The number of hydrogen-bond donors (Lipinski definition) is 3. The zero-order chi connectivity index (χ0) is 15.6. The molecule has 0 aliphatic carbocycles. The summed E-state index contributed by atoms with van der Waals surface area (Å²) >= 11 is 0. The number of nitrogens with zero attached hydrogens (tertiary/aromatic N) is 2. The summed E-state index contributed by atoms with van der Waals surface area (Å²) in [6, 6.07) is -1.50. The predicted molar refractivity (Wildman–Crippen MR) is 71.8 cm³/mol. The van der Waals surface area contributed by atoms with Crippen LogP contribution in [0.1, 0.15) is 19.3 Å². The number of likely N-dealkylation sites (tertiary alicyclic amines) is 1. The quantitative estimate of drug-likeness (QED) is 0.623. The molecule has 21 heavy (non-hydrogen) atoms. The maximum atomic E-state index is 12.4. The van der Waals surface area contributed by atoms with Gasteiger partial charge in [-0.25, -0.2) is 9.59 Å². The Labute approximate surface area is 122 Å². The Morgan fingerprint density at radius 1 is 1.38 bits per heavy atom. The Morgan fingerprint density at radius 3 is 2.57 bits per heavy atom. The third-order valence-electron chi connectivity index (χ3n) is 4.09. The van der Waals surface area contributed by atoms with E-state index in [1.807, 2.05) is 0 Å². The number of β-amino-alcohol motifs (C(OH)–C–C–N with tert-alkyl or cyclic N) is 1. The summed E-state index contributed by atoms with van der Waals surface area (Å²) in [5, 5.41) is 29.1. The van der Waals surface area contributed by atoms with Crippen molar-refractivity contribution in [2.24, 2.45) is 0 Å². The minimum Gasteiger partial charge on any atom is -0.480 e. The number of aliphatic carboxylic acids is 1. The molecule has 0 saturated carbocycles. The van der Waals surface area contributed by atoms with Gasteiger partial charge in [-0.05, 0) is 0 Å². The molecule has 2 aliphatic heterocycles. The second-order valence-corrected chi connectivity index (χ2v) is 5.87. The van der Waals surface area contributed by atoms with Crippen molar-refractivity contribution in [1.29, 1.82) is 0 Å². The van der Waals surface area contributed by atoms with Crippen LogP contribution in [0.25, 0.3) is 0 Å². The van der Waals surface area contributed by atoms with Gasteiger partial charge in [0.25, 0.3) is 0 Å². The summed E-state index contributed by atoms with van der Waals surface area (Å²) in [5.74, 6) is -1.13. The average molecular weight is 302 g/mol. The first kappa shape index (κ1) is 16.0. The number of carboxylic acids is 1. The van der Waals surface area contributed by atoms with Crippen LogP contribution < -0.4 is 0 Å². The number of likely N-dealkylation sites (N-methyl/N-ethyl adjacent to an activating group) is 1. The predicted octanol–water partition coefficient (Wildman–Crippen LogP) is -0.900. The number of urea groups is 1. The van der Waals surface area contributed by atoms with Crippen LogP contribution in [0.3, 0.4) is 0 Å². The van der Waals surface area contributed by atoms with Gasteiger partial charge in [-0.1, -0.05) is 0 Å². The summed E-state index contributed by atoms with van der Waals surface area (Å²) in [6.45, 7) is 1.01. The first-order valence-corrected chi connectivity index (χ1v) is 7.05. The number of carbonyl (C=O) groups excluding carboxylic acids is 1. The van der Waals surface area contributed by atoms with Gasteiger partial charge in [0.15, 0.2) is 0 Å². The number of rotatable bonds is 3. The molecule has 2 amide bonds. The van der Waals surface area contributed by atoms with E-state index in [4.69, 9.17) is 9.84 Å². The highest BCUT2D eigenvalue weighted by molar-refractivity contribution is 5.83. The molecule has 2 aliphatic rings. The highest BCUT2D eigenvalue weighted by Crippen LogP contribution is 2.24. The van der Waals surface area contributed by atoms with Gasteiger partial charge >= 0.3 is 12.0 Å². The van der Waals surface area contributed by atoms with E-state index in [0.717, 1.165) is 4.90 Å². The molecule has 2 atom stereocenters. The van der Waals surface area contributed by atoms with E-state index in [-0.39, 0.29) is 19.5 Å². The molecule has 8 heteroatoms. The van der Waals surface area contributed by atoms with Crippen LogP contribution >= 0.6 is 0 Å². The summed E-state index contributed by atoms with van der Waals surface area (Å²) in [4.78, 5) is 26.0. The second kappa shape index (κ2) is 6.17. The Balaban J connectivity index is 1.99. The molecule has 0 spiro atoms. The maximum Gasteiger partial charge on any atom is 0.326 e. The Hall–Kier alpha value is -1.38. The molecule has 2 heterocycles. The fraction of sp³-hybridized carbons (Fsp3) is 0.846. The lowest BCUT2D eigenvalue weighted by molar-refractivity contribution is -0.141. The Bertz CT molecular complexity index is 409. The lowest BCUT2D eigenvalue weighted by Gasteiger charge is -2.37. The topological polar surface area (TPSA) is 111 Å². The van der Waals surface area contributed by atoms with Gasteiger partial charge in [-0.2, -0.15) is 0 Å². The van der Waals surface area contributed by atoms with Crippen molar-refractivity contribution in [1.82, 2.24) is 9.80 Å². The van der Waals surface area contributed by atoms with Crippen LogP contribution in [0.5, 0.6) is 0 Å². The van der Waals surface area contributed by atoms with Gasteiger partial charge in [0, 0.05) is 46.1 Å². The van der Waals surface area contributed by atoms with Gasteiger partial charge < -0.3 is 29.9 Å². The molecule has 0 aromatic rings. The Morgan fingerprint density at radius 2 is 2.00 bits per heavy atom. The number of amides is 2. The molecule has 2 rings (SSSR count). The molecule has 0 unspecified atom stereocenters. The van der Waals surface area contributed by atoms with Crippen molar-refractivity contribution in [3.63, 3.8) is 0 Å². The van der Waals surface area contributed by atoms with Crippen LogP contribution in [-0.4, -0.2) is 88.2 Å². The SMILES string of the molecule is CN(CC1(O)CCOCC1)C(=O)N1C[C@H](O)C[C@@H]1C(=O)O. The number of aliphatic hydroxyl groups is 2. The van der Waals surface area contributed by atoms with E-state index in [1.165, 1.54) is 11.9 Å². The van der Waals surface area contributed by atoms with Crippen molar-refractivity contribution in [2.75, 3.05) is 33.4 Å². The third-order valence-corrected chi connectivity index (χ3v) is 4.09. The number of carbonyl (C=O) groups is 2. The van der Waals surface area contributed by atoms with E-state index in [1.54, 1.807) is 0 Å². The largest absolute Gasteiger partial charge is 0.480 e. The van der Waals surface area contributed by atoms with E-state index in [0.29, 0.717) is 26.1 Å². The molecule has 0 aromatic heterocycles. The smallest absolute Gasteiger partial charge is 0.326 e. The summed E-state index contributed by atoms with van der Waals surface area (Å²) in [7, 11) is 1.53. The fourth-order valence-corrected chi connectivity index (χ4v) is 2.90. The lowest BCUT2D eigenvalue weighted by Crippen LogP contribution is -2.52. The molecule has 3 N–H and O–H groups in total. The van der Waals surface area contributed by atoms with E-state index < -0.39 is 29.7 Å². The van der Waals surface area contributed by atoms with Gasteiger partial charge in [-0.15, -0.1) is 0 Å². The number of aliphatic hydroxyl groups excluding tert-OH is 1. The van der Waals surface area contributed by atoms with E-state index >= 15 is 0 Å². The van der Waals surface area contributed by atoms with Gasteiger partial charge in [0.2, 0.25) is 0 Å². The molecule has 0 radical (unpaired) electrons. The fourth-order valence-electron chi connectivity index (χ4n) is 2.90. The number of carboxylic acid groups (broad SMARTS) is 1. The zero-order valence-electron chi connectivity index (χ0n) is 12.1. The first-order valence-electron chi connectivity index (χ1n) is 7.05. The highest BCUT2D eigenvalue weighted by Gasteiger charge is 2.41. The van der Waals surface area contributed by atoms with Crippen LogP contribution in [0, 0.1) is 0 Å². The Kier molecular flexibility index (Phi) is 4.70. The van der Waals surface area contributed by atoms with Crippen molar-refractivity contribution in [2.45, 2.75) is 37.0 Å². The molecule has 2 saturated heterocycles. The third kappa shape index (κ3) is 3.63. The van der Waals surface area contributed by atoms with Crippen LogP contribution in [0.2, 0.25) is 0 Å². The summed E-state index contributed by atoms with van der Waals surface area (Å²) < 4.78 is 5.18. The molecule has 120 valence electrons. The standard InChI is InChI=1S/C13H22N2O6/c1-14(8-13(20)2-4-21-5-3-13)12(19)15-7-9(16)6-10(15)11(17)18/h9-10,16,20H,2-8H2,1H3,(H,17,18)/t9-,10-/m1/s1. The summed E-state index contributed by atoms with van der Waals surface area (Å²) in [6.07, 6.45) is 0.0905. The van der Waals surface area contributed by atoms with Crippen molar-refractivity contribution in [3.8, 4) is 0 Å². The highest BCUT2D eigenvalue weighted by atomic mass is 16.5. The average Bonchev–Trinajstić information content (AvgIpc) is 2.80. The van der Waals surface area contributed by atoms with E-state index in [9.17, 15) is 19.8 Å². The molecule has 0 aromatic carbocycles. The number of hydrogen-bond acceptors (Lipinski definition) is 5. The minimum absolute atomic E-state index is 0.00167. The molecule has 8 nitrogen and oxygen atoms in total. The van der Waals surface area contributed by atoms with Crippen LogP contribution in [-0.2, 0) is 9.53 Å². The molecular weight excluding hydrogens is 280 g/mol. The van der Waals surface area contributed by atoms with Crippen molar-refractivity contribution in [3.05, 3.63) is 0 Å². The van der Waals surface area contributed by atoms with Crippen molar-refractivity contribution >= 4 is 12.0 Å². The monoisotopic (exact) mass is 302 g/mol. The van der Waals surface area contributed by atoms with Gasteiger partial charge in [-0.3, -0.25) is 0 Å². The van der Waals surface area contributed by atoms with Gasteiger partial charge in [0.1, 0.15) is 6.04 Å². The summed E-state index contributed by atoms with van der Waals surface area (Å²) in [5.41, 5.74) is -1.00. The minimum atomic E-state index is -1.13. The normalized spacial score (nSPS) is 28.4. The zero-order valence-corrected chi connectivity index (χ0v) is 12.1. The van der Waals surface area contributed by atoms with Crippen LogP contribution in [0.4, 0.5) is 4.79 Å². The number of ether oxygens (including phenoxy) is 1.